The molecule has 0 bridgehead atoms. The van der Waals surface area contributed by atoms with E-state index in [1.165, 1.54) is 0 Å². The van der Waals surface area contributed by atoms with E-state index in [1.807, 2.05) is 52.1 Å². The van der Waals surface area contributed by atoms with E-state index in [2.05, 4.69) is 30.6 Å². The summed E-state index contributed by atoms with van der Waals surface area (Å²) in [5.41, 5.74) is 2.07. The molecule has 8 nitrogen and oxygen atoms in total. The van der Waals surface area contributed by atoms with Crippen LogP contribution < -0.4 is 10.6 Å². The van der Waals surface area contributed by atoms with Gasteiger partial charge in [0.25, 0.3) is 0 Å². The van der Waals surface area contributed by atoms with Gasteiger partial charge in [-0.05, 0) is 27.9 Å². The summed E-state index contributed by atoms with van der Waals surface area (Å²) in [6.07, 6.45) is 3.92. The van der Waals surface area contributed by atoms with Crippen LogP contribution in [0.3, 0.4) is 0 Å². The quantitative estimate of drug-likeness (QED) is 0.387. The lowest BCUT2D eigenvalue weighted by atomic mass is 10.1. The highest BCUT2D eigenvalue weighted by Gasteiger charge is 2.16. The number of aromatic nitrogens is 3. The topological polar surface area (TPSA) is 83.5 Å². The van der Waals surface area contributed by atoms with Crippen molar-refractivity contribution < 1.29 is 4.42 Å². The van der Waals surface area contributed by atoms with Crippen molar-refractivity contribution in [3.63, 3.8) is 0 Å². The number of oxazole rings is 1. The Bertz CT molecular complexity index is 673. The van der Waals surface area contributed by atoms with Gasteiger partial charge < -0.3 is 20.0 Å². The SMILES string of the molecule is CN=C(NCc1nc(C)c(C)o1)NCC(c1cnn(C)c1)N(C)C.I. The third-order valence-electron chi connectivity index (χ3n) is 3.90. The Balaban J connectivity index is 0.00000312. The van der Waals surface area contributed by atoms with Crippen molar-refractivity contribution in [2.45, 2.75) is 26.4 Å². The molecule has 0 amide bonds. The molecule has 1 unspecified atom stereocenters. The first-order valence-corrected chi connectivity index (χ1v) is 7.93. The zero-order chi connectivity index (χ0) is 17.7. The number of guanidine groups is 1. The van der Waals surface area contributed by atoms with E-state index >= 15 is 0 Å². The van der Waals surface area contributed by atoms with E-state index in [4.69, 9.17) is 4.42 Å². The maximum Gasteiger partial charge on any atom is 0.214 e. The predicted molar refractivity (Wildman–Crippen MR) is 109 cm³/mol. The zero-order valence-electron chi connectivity index (χ0n) is 15.7. The molecule has 0 saturated heterocycles. The molecule has 140 valence electrons. The second-order valence-corrected chi connectivity index (χ2v) is 5.98. The molecular formula is C16H28IN7O. The van der Waals surface area contributed by atoms with Gasteiger partial charge >= 0.3 is 0 Å². The molecule has 9 heteroatoms. The Morgan fingerprint density at radius 3 is 2.56 bits per heavy atom. The van der Waals surface area contributed by atoms with Gasteiger partial charge in [-0.25, -0.2) is 4.98 Å². The first-order valence-electron chi connectivity index (χ1n) is 7.93. The van der Waals surface area contributed by atoms with Crippen LogP contribution in [0.2, 0.25) is 0 Å². The van der Waals surface area contributed by atoms with Crippen molar-refractivity contribution in [3.05, 3.63) is 35.3 Å². The van der Waals surface area contributed by atoms with Gasteiger partial charge in [-0.15, -0.1) is 24.0 Å². The average Bonchev–Trinajstić information content (AvgIpc) is 3.08. The third kappa shape index (κ3) is 5.99. The molecule has 0 aromatic carbocycles. The third-order valence-corrected chi connectivity index (χ3v) is 3.90. The van der Waals surface area contributed by atoms with Crippen molar-refractivity contribution in [2.24, 2.45) is 12.0 Å². The molecule has 2 N–H and O–H groups in total. The molecule has 0 fully saturated rings. The number of nitrogens with zero attached hydrogens (tertiary/aromatic N) is 5. The number of rotatable bonds is 6. The number of hydrogen-bond acceptors (Lipinski definition) is 5. The highest BCUT2D eigenvalue weighted by atomic mass is 127. The minimum Gasteiger partial charge on any atom is -0.444 e. The van der Waals surface area contributed by atoms with Gasteiger partial charge in [0.15, 0.2) is 5.96 Å². The minimum atomic E-state index is 0. The monoisotopic (exact) mass is 461 g/mol. The van der Waals surface area contributed by atoms with E-state index in [-0.39, 0.29) is 30.0 Å². The van der Waals surface area contributed by atoms with Gasteiger partial charge in [-0.1, -0.05) is 0 Å². The van der Waals surface area contributed by atoms with Crippen LogP contribution in [0.25, 0.3) is 0 Å². The summed E-state index contributed by atoms with van der Waals surface area (Å²) in [5.74, 6) is 2.21. The summed E-state index contributed by atoms with van der Waals surface area (Å²) in [4.78, 5) is 10.8. The predicted octanol–water partition coefficient (Wildman–Crippen LogP) is 1.61. The van der Waals surface area contributed by atoms with E-state index in [0.717, 1.165) is 17.0 Å². The number of nitrogens with one attached hydrogen (secondary N) is 2. The van der Waals surface area contributed by atoms with Crippen LogP contribution in [-0.2, 0) is 13.6 Å². The zero-order valence-corrected chi connectivity index (χ0v) is 18.0. The molecule has 2 aromatic heterocycles. The second-order valence-electron chi connectivity index (χ2n) is 5.98. The average molecular weight is 461 g/mol. The van der Waals surface area contributed by atoms with Crippen LogP contribution in [0, 0.1) is 13.8 Å². The molecule has 2 rings (SSSR count). The maximum absolute atomic E-state index is 5.57. The smallest absolute Gasteiger partial charge is 0.214 e. The largest absolute Gasteiger partial charge is 0.444 e. The van der Waals surface area contributed by atoms with Crippen molar-refractivity contribution in [3.8, 4) is 0 Å². The van der Waals surface area contributed by atoms with Crippen LogP contribution in [-0.4, -0.2) is 53.3 Å². The van der Waals surface area contributed by atoms with Gasteiger partial charge in [0.05, 0.1) is 24.5 Å². The van der Waals surface area contributed by atoms with E-state index < -0.39 is 0 Å². The Morgan fingerprint density at radius 1 is 1.36 bits per heavy atom. The van der Waals surface area contributed by atoms with Gasteiger partial charge in [-0.3, -0.25) is 9.67 Å². The number of aliphatic imine (C=N–C) groups is 1. The first-order chi connectivity index (χ1) is 11.4. The second kappa shape index (κ2) is 9.76. The summed E-state index contributed by atoms with van der Waals surface area (Å²) >= 11 is 0. The lowest BCUT2D eigenvalue weighted by Gasteiger charge is -2.24. The lowest BCUT2D eigenvalue weighted by Crippen LogP contribution is -2.41. The molecule has 0 radical (unpaired) electrons. The molecule has 0 saturated carbocycles. The van der Waals surface area contributed by atoms with Crippen LogP contribution in [0.1, 0.15) is 29.0 Å². The molecule has 0 spiro atoms. The first kappa shape index (κ1) is 21.4. The molecule has 0 aliphatic heterocycles. The fraction of sp³-hybridized carbons (Fsp3) is 0.562. The Kier molecular flexibility index (Phi) is 8.36. The Hall–Kier alpha value is -1.62. The fourth-order valence-corrected chi connectivity index (χ4v) is 2.40. The highest BCUT2D eigenvalue weighted by Crippen LogP contribution is 2.16. The summed E-state index contributed by atoms with van der Waals surface area (Å²) in [6, 6.07) is 0.198. The number of hydrogen-bond donors (Lipinski definition) is 2. The molecular weight excluding hydrogens is 433 g/mol. The van der Waals surface area contributed by atoms with Crippen molar-refractivity contribution in [1.82, 2.24) is 30.3 Å². The van der Waals surface area contributed by atoms with Gasteiger partial charge in [-0.2, -0.15) is 5.10 Å². The molecule has 1 atom stereocenters. The van der Waals surface area contributed by atoms with Gasteiger partial charge in [0, 0.05) is 32.4 Å². The minimum absolute atomic E-state index is 0. The molecule has 2 heterocycles. The summed E-state index contributed by atoms with van der Waals surface area (Å²) < 4.78 is 7.38. The van der Waals surface area contributed by atoms with Crippen LogP contribution >= 0.6 is 24.0 Å². The maximum atomic E-state index is 5.57. The summed E-state index contributed by atoms with van der Waals surface area (Å²) in [5, 5.41) is 10.8. The standard InChI is InChI=1S/C16H27N7O.HI/c1-11-12(2)24-15(21-11)9-19-16(17-3)18-8-14(22(4)5)13-7-20-23(6)10-13;/h7,10,14H,8-9H2,1-6H3,(H2,17,18,19);1H. The van der Waals surface area contributed by atoms with Crippen LogP contribution in [0.4, 0.5) is 0 Å². The van der Waals surface area contributed by atoms with Crippen molar-refractivity contribution in [2.75, 3.05) is 27.7 Å². The highest BCUT2D eigenvalue weighted by molar-refractivity contribution is 14.0. The van der Waals surface area contributed by atoms with Gasteiger partial charge in [0.2, 0.25) is 5.89 Å². The molecule has 0 aliphatic rings. The lowest BCUT2D eigenvalue weighted by molar-refractivity contribution is 0.298. The molecule has 25 heavy (non-hydrogen) atoms. The van der Waals surface area contributed by atoms with Gasteiger partial charge in [0.1, 0.15) is 5.76 Å². The molecule has 0 aliphatic carbocycles. The number of halogens is 1. The summed E-state index contributed by atoms with van der Waals surface area (Å²) in [7, 11) is 7.77. The van der Waals surface area contributed by atoms with E-state index in [9.17, 15) is 0 Å². The normalized spacial score (nSPS) is 12.8. The number of aryl methyl sites for hydroxylation is 3. The Labute approximate surface area is 166 Å². The van der Waals surface area contributed by atoms with Crippen LogP contribution in [0.15, 0.2) is 21.8 Å². The summed E-state index contributed by atoms with van der Waals surface area (Å²) in [6.45, 7) is 5.05. The van der Waals surface area contributed by atoms with Crippen LogP contribution in [0.5, 0.6) is 0 Å². The number of likely N-dealkylation sites (N-methyl/N-ethyl adjacent to an activating group) is 1. The van der Waals surface area contributed by atoms with E-state index in [0.29, 0.717) is 24.9 Å². The Morgan fingerprint density at radius 2 is 2.08 bits per heavy atom. The fourth-order valence-electron chi connectivity index (χ4n) is 2.40. The molecule has 2 aromatic rings. The van der Waals surface area contributed by atoms with Crippen molar-refractivity contribution >= 4 is 29.9 Å². The van der Waals surface area contributed by atoms with E-state index in [1.54, 1.807) is 7.05 Å². The van der Waals surface area contributed by atoms with Crippen molar-refractivity contribution in [1.29, 1.82) is 0 Å².